The minimum absolute atomic E-state index is 0.221. The molecule has 0 saturated carbocycles. The minimum Gasteiger partial charge on any atom is -0.352 e. The first-order valence-corrected chi connectivity index (χ1v) is 9.88. The third kappa shape index (κ3) is 4.66. The van der Waals surface area contributed by atoms with Crippen molar-refractivity contribution < 1.29 is 4.39 Å². The van der Waals surface area contributed by atoms with E-state index >= 15 is 0 Å². The lowest BCUT2D eigenvalue weighted by Crippen LogP contribution is -2.36. The Kier molecular flexibility index (Phi) is 6.03. The van der Waals surface area contributed by atoms with E-state index in [4.69, 9.17) is 0 Å². The maximum atomic E-state index is 13.7. The minimum atomic E-state index is -0.221. The van der Waals surface area contributed by atoms with Gasteiger partial charge in [-0.3, -0.25) is 4.99 Å². The van der Waals surface area contributed by atoms with E-state index in [1.165, 1.54) is 11.6 Å². The standard InChI is InChI=1S/C24H24FN5/c1-26-24(28-15-20-6-2-3-7-21(20)25)27-14-18-10-12-19(13-11-18)16-30-17-29-22-8-4-5-9-23(22)30/h2-13,17H,14-16H2,1H3,(H2,26,27,28). The van der Waals surface area contributed by atoms with Crippen LogP contribution in [0, 0.1) is 5.82 Å². The van der Waals surface area contributed by atoms with Crippen molar-refractivity contribution in [1.82, 2.24) is 20.2 Å². The van der Waals surface area contributed by atoms with Crippen molar-refractivity contribution in [3.63, 3.8) is 0 Å². The molecule has 0 fully saturated rings. The van der Waals surface area contributed by atoms with E-state index in [1.807, 2.05) is 30.6 Å². The van der Waals surface area contributed by atoms with Gasteiger partial charge in [0, 0.05) is 32.2 Å². The van der Waals surface area contributed by atoms with E-state index in [-0.39, 0.29) is 5.82 Å². The number of rotatable bonds is 6. The number of guanidine groups is 1. The summed E-state index contributed by atoms with van der Waals surface area (Å²) in [5, 5.41) is 6.41. The van der Waals surface area contributed by atoms with E-state index in [9.17, 15) is 4.39 Å². The molecule has 0 aliphatic rings. The molecule has 0 radical (unpaired) electrons. The van der Waals surface area contributed by atoms with Gasteiger partial charge in [-0.1, -0.05) is 54.6 Å². The van der Waals surface area contributed by atoms with Gasteiger partial charge in [0.1, 0.15) is 5.82 Å². The Morgan fingerprint density at radius 2 is 1.60 bits per heavy atom. The third-order valence-electron chi connectivity index (χ3n) is 4.99. The topological polar surface area (TPSA) is 54.2 Å². The van der Waals surface area contributed by atoms with Gasteiger partial charge < -0.3 is 15.2 Å². The zero-order valence-electron chi connectivity index (χ0n) is 16.8. The van der Waals surface area contributed by atoms with Crippen LogP contribution in [0.5, 0.6) is 0 Å². The number of nitrogens with zero attached hydrogens (tertiary/aromatic N) is 3. The van der Waals surface area contributed by atoms with Crippen LogP contribution in [-0.4, -0.2) is 22.6 Å². The van der Waals surface area contributed by atoms with Crippen molar-refractivity contribution >= 4 is 17.0 Å². The fourth-order valence-corrected chi connectivity index (χ4v) is 3.32. The smallest absolute Gasteiger partial charge is 0.191 e. The summed E-state index contributed by atoms with van der Waals surface area (Å²) in [5.74, 6) is 0.411. The summed E-state index contributed by atoms with van der Waals surface area (Å²) in [6, 6.07) is 23.3. The van der Waals surface area contributed by atoms with Crippen molar-refractivity contribution in [3.05, 3.63) is 102 Å². The number of benzene rings is 3. The van der Waals surface area contributed by atoms with Crippen LogP contribution in [-0.2, 0) is 19.6 Å². The number of aromatic nitrogens is 2. The van der Waals surface area contributed by atoms with Gasteiger partial charge in [0.25, 0.3) is 0 Å². The lowest BCUT2D eigenvalue weighted by Gasteiger charge is -2.13. The van der Waals surface area contributed by atoms with Crippen LogP contribution in [0.3, 0.4) is 0 Å². The highest BCUT2D eigenvalue weighted by molar-refractivity contribution is 5.79. The molecule has 30 heavy (non-hydrogen) atoms. The number of fused-ring (bicyclic) bond motifs is 1. The quantitative estimate of drug-likeness (QED) is 0.378. The van der Waals surface area contributed by atoms with Crippen molar-refractivity contribution in [2.45, 2.75) is 19.6 Å². The first kappa shape index (κ1) is 19.6. The molecule has 152 valence electrons. The van der Waals surface area contributed by atoms with Crippen LogP contribution >= 0.6 is 0 Å². The largest absolute Gasteiger partial charge is 0.352 e. The molecule has 0 spiro atoms. The highest BCUT2D eigenvalue weighted by atomic mass is 19.1. The Balaban J connectivity index is 1.32. The third-order valence-corrected chi connectivity index (χ3v) is 4.99. The number of para-hydroxylation sites is 2. The van der Waals surface area contributed by atoms with E-state index in [2.05, 4.69) is 55.5 Å². The van der Waals surface area contributed by atoms with Crippen molar-refractivity contribution in [2.75, 3.05) is 7.05 Å². The zero-order chi connectivity index (χ0) is 20.8. The first-order chi connectivity index (χ1) is 14.7. The second-order valence-corrected chi connectivity index (χ2v) is 7.05. The highest BCUT2D eigenvalue weighted by Gasteiger charge is 2.04. The normalized spacial score (nSPS) is 11.6. The summed E-state index contributed by atoms with van der Waals surface area (Å²) >= 11 is 0. The Hall–Kier alpha value is -3.67. The fraction of sp³-hybridized carbons (Fsp3) is 0.167. The van der Waals surface area contributed by atoms with Gasteiger partial charge in [0.2, 0.25) is 0 Å². The van der Waals surface area contributed by atoms with Crippen molar-refractivity contribution in [1.29, 1.82) is 0 Å². The maximum Gasteiger partial charge on any atom is 0.191 e. The summed E-state index contributed by atoms with van der Waals surface area (Å²) < 4.78 is 15.9. The summed E-state index contributed by atoms with van der Waals surface area (Å²) in [5.41, 5.74) is 5.10. The Labute approximate surface area is 175 Å². The number of hydrogen-bond donors (Lipinski definition) is 2. The van der Waals surface area contributed by atoms with Crippen LogP contribution in [0.1, 0.15) is 16.7 Å². The van der Waals surface area contributed by atoms with Crippen LogP contribution in [0.25, 0.3) is 11.0 Å². The lowest BCUT2D eigenvalue weighted by atomic mass is 10.1. The molecule has 3 aromatic carbocycles. The number of halogens is 1. The summed E-state index contributed by atoms with van der Waals surface area (Å²) in [6.45, 7) is 1.79. The molecule has 0 atom stereocenters. The summed E-state index contributed by atoms with van der Waals surface area (Å²) in [7, 11) is 1.70. The first-order valence-electron chi connectivity index (χ1n) is 9.88. The Morgan fingerprint density at radius 1 is 0.900 bits per heavy atom. The second kappa shape index (κ2) is 9.22. The second-order valence-electron chi connectivity index (χ2n) is 7.05. The van der Waals surface area contributed by atoms with Crippen LogP contribution < -0.4 is 10.6 Å². The molecule has 1 aromatic heterocycles. The monoisotopic (exact) mass is 401 g/mol. The zero-order valence-corrected chi connectivity index (χ0v) is 16.8. The van der Waals surface area contributed by atoms with E-state index in [0.29, 0.717) is 24.6 Å². The molecule has 5 nitrogen and oxygen atoms in total. The van der Waals surface area contributed by atoms with Gasteiger partial charge in [0.05, 0.1) is 17.4 Å². The van der Waals surface area contributed by atoms with Crippen LogP contribution in [0.4, 0.5) is 4.39 Å². The number of nitrogens with one attached hydrogen (secondary N) is 2. The molecule has 0 bridgehead atoms. The van der Waals surface area contributed by atoms with Crippen molar-refractivity contribution in [2.24, 2.45) is 4.99 Å². The van der Waals surface area contributed by atoms with Crippen LogP contribution in [0.2, 0.25) is 0 Å². The average Bonchev–Trinajstić information content (AvgIpc) is 3.19. The van der Waals surface area contributed by atoms with Crippen molar-refractivity contribution in [3.8, 4) is 0 Å². The molecule has 6 heteroatoms. The van der Waals surface area contributed by atoms with E-state index < -0.39 is 0 Å². The highest BCUT2D eigenvalue weighted by Crippen LogP contribution is 2.14. The number of imidazole rings is 1. The van der Waals surface area contributed by atoms with E-state index in [1.54, 1.807) is 19.2 Å². The van der Waals surface area contributed by atoms with Gasteiger partial charge in [0.15, 0.2) is 5.96 Å². The molecule has 1 heterocycles. The van der Waals surface area contributed by atoms with E-state index in [0.717, 1.165) is 23.1 Å². The molecule has 2 N–H and O–H groups in total. The molecule has 0 amide bonds. The molecule has 0 aliphatic heterocycles. The molecular formula is C24H24FN5. The summed E-state index contributed by atoms with van der Waals surface area (Å²) in [6.07, 6.45) is 1.88. The van der Waals surface area contributed by atoms with Crippen LogP contribution in [0.15, 0.2) is 84.1 Å². The lowest BCUT2D eigenvalue weighted by molar-refractivity contribution is 0.604. The SMILES string of the molecule is CN=C(NCc1ccc(Cn2cnc3ccccc32)cc1)NCc1ccccc1F. The predicted molar refractivity (Wildman–Crippen MR) is 119 cm³/mol. The predicted octanol–water partition coefficient (Wildman–Crippen LogP) is 4.09. The summed E-state index contributed by atoms with van der Waals surface area (Å²) in [4.78, 5) is 8.65. The average molecular weight is 401 g/mol. The van der Waals surface area contributed by atoms with Gasteiger partial charge in [-0.2, -0.15) is 0 Å². The van der Waals surface area contributed by atoms with Gasteiger partial charge in [-0.05, 0) is 29.3 Å². The molecule has 0 aliphatic carbocycles. The van der Waals surface area contributed by atoms with Gasteiger partial charge in [-0.25, -0.2) is 9.37 Å². The maximum absolute atomic E-state index is 13.7. The molecule has 4 aromatic rings. The number of aliphatic imine (C=N–C) groups is 1. The Morgan fingerprint density at radius 3 is 2.40 bits per heavy atom. The molecule has 4 rings (SSSR count). The molecular weight excluding hydrogens is 377 g/mol. The van der Waals surface area contributed by atoms with Gasteiger partial charge >= 0.3 is 0 Å². The van der Waals surface area contributed by atoms with Gasteiger partial charge in [-0.15, -0.1) is 0 Å². The Bertz CT molecular complexity index is 1150. The fourth-order valence-electron chi connectivity index (χ4n) is 3.32. The number of hydrogen-bond acceptors (Lipinski definition) is 2. The molecule has 0 saturated heterocycles. The molecule has 0 unspecified atom stereocenters.